The summed E-state index contributed by atoms with van der Waals surface area (Å²) in [6, 6.07) is 19.1. The van der Waals surface area contributed by atoms with Crippen molar-refractivity contribution in [3.63, 3.8) is 0 Å². The minimum Gasteiger partial charge on any atom is -0.372 e. The molecule has 0 aliphatic carbocycles. The summed E-state index contributed by atoms with van der Waals surface area (Å²) in [7, 11) is 0. The normalized spacial score (nSPS) is 17.8. The Bertz CT molecular complexity index is 1220. The molecule has 2 unspecified atom stereocenters. The Kier molecular flexibility index (Phi) is 6.23. The average molecular weight is 466 g/mol. The van der Waals surface area contributed by atoms with Crippen molar-refractivity contribution in [2.75, 3.05) is 10.2 Å². The molecule has 4 nitrogen and oxygen atoms in total. The summed E-state index contributed by atoms with van der Waals surface area (Å²) >= 11 is 0. The van der Waals surface area contributed by atoms with Crippen LogP contribution in [0.15, 0.2) is 84.6 Å². The Morgan fingerprint density at radius 3 is 2.32 bits per heavy atom. The standard InChI is InChI=1S/C27H26F3N3O/c1-18-11-12-19(2)33(18)24-10-6-7-21(16-24)26(34,27(28,29)30)22-13-14-25(20(15-22)17-31)32-23-8-4-3-5-9-23/h3-11,13-17,19,31-32,34H,12H2,1-2H3. The molecule has 0 bridgehead atoms. The van der Waals surface area contributed by atoms with Crippen molar-refractivity contribution >= 4 is 23.3 Å². The van der Waals surface area contributed by atoms with Gasteiger partial charge in [0.15, 0.2) is 0 Å². The van der Waals surface area contributed by atoms with Gasteiger partial charge in [0.25, 0.3) is 0 Å². The number of hydrogen-bond acceptors (Lipinski definition) is 4. The summed E-state index contributed by atoms with van der Waals surface area (Å²) in [5.41, 5.74) is -0.884. The van der Waals surface area contributed by atoms with Crippen LogP contribution in [0, 0.1) is 5.41 Å². The third-order valence-corrected chi connectivity index (χ3v) is 6.21. The van der Waals surface area contributed by atoms with Crippen LogP contribution in [0.1, 0.15) is 37.0 Å². The number of halogens is 3. The molecule has 1 aliphatic rings. The van der Waals surface area contributed by atoms with E-state index in [0.717, 1.165) is 24.0 Å². The molecular weight excluding hydrogens is 439 g/mol. The molecule has 0 radical (unpaired) electrons. The number of nitrogens with one attached hydrogen (secondary N) is 2. The van der Waals surface area contributed by atoms with E-state index in [-0.39, 0.29) is 22.7 Å². The highest BCUT2D eigenvalue weighted by atomic mass is 19.4. The smallest absolute Gasteiger partial charge is 0.372 e. The molecule has 34 heavy (non-hydrogen) atoms. The van der Waals surface area contributed by atoms with Crippen LogP contribution in [-0.2, 0) is 5.60 Å². The van der Waals surface area contributed by atoms with Crippen LogP contribution in [0.4, 0.5) is 30.2 Å². The lowest BCUT2D eigenvalue weighted by Crippen LogP contribution is -2.43. The molecule has 176 valence electrons. The van der Waals surface area contributed by atoms with E-state index in [1.165, 1.54) is 36.4 Å². The van der Waals surface area contributed by atoms with E-state index in [9.17, 15) is 18.3 Å². The van der Waals surface area contributed by atoms with Gasteiger partial charge in [-0.15, -0.1) is 0 Å². The van der Waals surface area contributed by atoms with Crippen LogP contribution >= 0.6 is 0 Å². The molecule has 3 aromatic carbocycles. The van der Waals surface area contributed by atoms with E-state index in [1.807, 2.05) is 55.2 Å². The molecular formula is C27H26F3N3O. The van der Waals surface area contributed by atoms with Crippen LogP contribution in [0.2, 0.25) is 0 Å². The molecule has 0 amide bonds. The minimum absolute atomic E-state index is 0.113. The molecule has 0 spiro atoms. The Morgan fingerprint density at radius 1 is 1.00 bits per heavy atom. The topological polar surface area (TPSA) is 59.4 Å². The van der Waals surface area contributed by atoms with E-state index in [1.54, 1.807) is 6.07 Å². The quantitative estimate of drug-likeness (QED) is 0.354. The molecule has 3 aromatic rings. The SMILES string of the molecule is CC1=CCC(C)N1c1cccc(C(O)(c2ccc(Nc3ccccc3)c(C=N)c2)C(F)(F)F)c1. The average Bonchev–Trinajstić information content (AvgIpc) is 3.16. The van der Waals surface area contributed by atoms with Gasteiger partial charge in [0.1, 0.15) is 0 Å². The number of allylic oxidation sites excluding steroid dienone is 1. The van der Waals surface area contributed by atoms with Crippen molar-refractivity contribution in [3.8, 4) is 0 Å². The zero-order chi connectivity index (χ0) is 24.5. The fourth-order valence-electron chi connectivity index (χ4n) is 4.42. The van der Waals surface area contributed by atoms with Gasteiger partial charge in [0, 0.05) is 40.6 Å². The van der Waals surface area contributed by atoms with Gasteiger partial charge >= 0.3 is 6.18 Å². The number of hydrogen-bond donors (Lipinski definition) is 3. The summed E-state index contributed by atoms with van der Waals surface area (Å²) < 4.78 is 43.4. The summed E-state index contributed by atoms with van der Waals surface area (Å²) in [5.74, 6) is 0. The second-order valence-electron chi connectivity index (χ2n) is 8.50. The van der Waals surface area contributed by atoms with Gasteiger partial charge in [-0.25, -0.2) is 0 Å². The molecule has 1 aliphatic heterocycles. The summed E-state index contributed by atoms with van der Waals surface area (Å²) in [6.07, 6.45) is -1.16. The molecule has 0 saturated carbocycles. The fraction of sp³-hybridized carbons (Fsp3) is 0.222. The zero-order valence-corrected chi connectivity index (χ0v) is 18.9. The van der Waals surface area contributed by atoms with Crippen molar-refractivity contribution in [3.05, 3.63) is 101 Å². The Morgan fingerprint density at radius 2 is 1.71 bits per heavy atom. The Hall–Kier alpha value is -3.58. The first-order valence-corrected chi connectivity index (χ1v) is 11.0. The molecule has 0 fully saturated rings. The van der Waals surface area contributed by atoms with Crippen LogP contribution in [0.5, 0.6) is 0 Å². The second-order valence-corrected chi connectivity index (χ2v) is 8.50. The Labute approximate surface area is 196 Å². The van der Waals surface area contributed by atoms with Gasteiger partial charge in [0.2, 0.25) is 5.60 Å². The van der Waals surface area contributed by atoms with Crippen LogP contribution in [-0.4, -0.2) is 23.5 Å². The van der Waals surface area contributed by atoms with Crippen LogP contribution in [0.25, 0.3) is 0 Å². The first-order valence-electron chi connectivity index (χ1n) is 11.0. The summed E-state index contributed by atoms with van der Waals surface area (Å²) in [5, 5.41) is 22.1. The van der Waals surface area contributed by atoms with Gasteiger partial charge in [-0.2, -0.15) is 13.2 Å². The van der Waals surface area contributed by atoms with Crippen molar-refractivity contribution in [1.29, 1.82) is 5.41 Å². The molecule has 0 saturated heterocycles. The number of rotatable bonds is 6. The number of aliphatic hydroxyl groups is 1. The number of para-hydroxylation sites is 1. The highest BCUT2D eigenvalue weighted by Crippen LogP contribution is 2.46. The van der Waals surface area contributed by atoms with E-state index < -0.39 is 11.8 Å². The van der Waals surface area contributed by atoms with E-state index in [2.05, 4.69) is 5.32 Å². The predicted molar refractivity (Wildman–Crippen MR) is 130 cm³/mol. The molecule has 3 N–H and O–H groups in total. The maximum atomic E-state index is 14.5. The van der Waals surface area contributed by atoms with E-state index in [4.69, 9.17) is 5.41 Å². The van der Waals surface area contributed by atoms with Gasteiger partial charge in [0.05, 0.1) is 0 Å². The molecule has 4 rings (SSSR count). The highest BCUT2D eigenvalue weighted by molar-refractivity contribution is 5.88. The molecule has 7 heteroatoms. The molecule has 2 atom stereocenters. The molecule has 0 aromatic heterocycles. The number of anilines is 3. The number of nitrogens with zero attached hydrogens (tertiary/aromatic N) is 1. The third-order valence-electron chi connectivity index (χ3n) is 6.21. The number of benzene rings is 3. The lowest BCUT2D eigenvalue weighted by molar-refractivity contribution is -0.248. The minimum atomic E-state index is -4.99. The van der Waals surface area contributed by atoms with Crippen molar-refractivity contribution in [2.24, 2.45) is 0 Å². The van der Waals surface area contributed by atoms with Crippen LogP contribution in [0.3, 0.4) is 0 Å². The maximum absolute atomic E-state index is 14.5. The zero-order valence-electron chi connectivity index (χ0n) is 18.9. The monoisotopic (exact) mass is 465 g/mol. The van der Waals surface area contributed by atoms with E-state index in [0.29, 0.717) is 11.4 Å². The lowest BCUT2D eigenvalue weighted by Gasteiger charge is -2.33. The van der Waals surface area contributed by atoms with Crippen molar-refractivity contribution in [1.82, 2.24) is 0 Å². The summed E-state index contributed by atoms with van der Waals surface area (Å²) in [6.45, 7) is 3.92. The Balaban J connectivity index is 1.79. The van der Waals surface area contributed by atoms with E-state index >= 15 is 0 Å². The first kappa shape index (κ1) is 23.6. The van der Waals surface area contributed by atoms with Crippen molar-refractivity contribution in [2.45, 2.75) is 38.1 Å². The van der Waals surface area contributed by atoms with Gasteiger partial charge in [-0.1, -0.05) is 42.5 Å². The number of alkyl halides is 3. The van der Waals surface area contributed by atoms with Gasteiger partial charge in [-0.05, 0) is 67.8 Å². The lowest BCUT2D eigenvalue weighted by atomic mass is 9.84. The highest BCUT2D eigenvalue weighted by Gasteiger charge is 2.56. The molecule has 1 heterocycles. The third kappa shape index (κ3) is 4.19. The predicted octanol–water partition coefficient (Wildman–Crippen LogP) is 6.73. The summed E-state index contributed by atoms with van der Waals surface area (Å²) in [4.78, 5) is 1.97. The van der Waals surface area contributed by atoms with Crippen molar-refractivity contribution < 1.29 is 18.3 Å². The first-order chi connectivity index (χ1) is 16.1. The maximum Gasteiger partial charge on any atom is 0.425 e. The van der Waals surface area contributed by atoms with Gasteiger partial charge in [-0.3, -0.25) is 0 Å². The van der Waals surface area contributed by atoms with Gasteiger partial charge < -0.3 is 20.7 Å². The van der Waals surface area contributed by atoms with Crippen LogP contribution < -0.4 is 10.2 Å². The fourth-order valence-corrected chi connectivity index (χ4v) is 4.42. The largest absolute Gasteiger partial charge is 0.425 e. The second kappa shape index (κ2) is 8.99.